The van der Waals surface area contributed by atoms with Crippen LogP contribution in [0.2, 0.25) is 5.02 Å². The van der Waals surface area contributed by atoms with E-state index in [0.717, 1.165) is 0 Å². The first-order chi connectivity index (χ1) is 8.43. The second kappa shape index (κ2) is 4.41. The molecule has 0 aliphatic heterocycles. The smallest absolute Gasteiger partial charge is 0.271 e. The molecule has 0 unspecified atom stereocenters. The average molecular weight is 276 g/mol. The third-order valence-electron chi connectivity index (χ3n) is 2.23. The van der Waals surface area contributed by atoms with E-state index < -0.39 is 17.6 Å². The van der Waals surface area contributed by atoms with E-state index in [0.29, 0.717) is 10.6 Å². The molecule has 0 atom stereocenters. The van der Waals surface area contributed by atoms with Crippen LogP contribution in [0.1, 0.15) is 5.69 Å². The molecule has 0 aliphatic rings. The van der Waals surface area contributed by atoms with Gasteiger partial charge in [0, 0.05) is 10.6 Å². The van der Waals surface area contributed by atoms with E-state index in [4.69, 9.17) is 11.6 Å². The maximum absolute atomic E-state index is 12.5. The van der Waals surface area contributed by atoms with Gasteiger partial charge in [0.25, 0.3) is 0 Å². The van der Waals surface area contributed by atoms with Crippen LogP contribution in [0.3, 0.4) is 0 Å². The number of rotatable bonds is 2. The van der Waals surface area contributed by atoms with Crippen molar-refractivity contribution in [3.8, 4) is 11.3 Å². The molecule has 8 heteroatoms. The average Bonchev–Trinajstić information content (AvgIpc) is 2.73. The third kappa shape index (κ3) is 2.21. The Hall–Kier alpha value is -1.89. The van der Waals surface area contributed by atoms with E-state index in [1.165, 1.54) is 24.3 Å². The normalized spacial score (nSPS) is 11.6. The van der Waals surface area contributed by atoms with Crippen LogP contribution in [0, 0.1) is 4.91 Å². The SMILES string of the molecule is O=Nc1c(-c2ccc(Cl)cc2)n[nH]c1C(F)(F)F. The molecule has 2 aromatic rings. The molecule has 0 bridgehead atoms. The van der Waals surface area contributed by atoms with Crippen LogP contribution in [0.25, 0.3) is 11.3 Å². The minimum Gasteiger partial charge on any atom is -0.271 e. The van der Waals surface area contributed by atoms with E-state index in [-0.39, 0.29) is 5.69 Å². The highest BCUT2D eigenvalue weighted by Gasteiger charge is 2.38. The van der Waals surface area contributed by atoms with Gasteiger partial charge in [0.15, 0.2) is 11.4 Å². The maximum Gasteiger partial charge on any atom is 0.435 e. The van der Waals surface area contributed by atoms with Gasteiger partial charge in [-0.2, -0.15) is 18.3 Å². The number of hydrogen-bond donors (Lipinski definition) is 1. The Morgan fingerprint density at radius 2 is 1.83 bits per heavy atom. The van der Waals surface area contributed by atoms with Crippen molar-refractivity contribution >= 4 is 17.3 Å². The number of hydrogen-bond acceptors (Lipinski definition) is 3. The van der Waals surface area contributed by atoms with E-state index in [9.17, 15) is 18.1 Å². The number of aromatic nitrogens is 2. The van der Waals surface area contributed by atoms with E-state index in [1.807, 2.05) is 0 Å². The Morgan fingerprint density at radius 1 is 1.22 bits per heavy atom. The van der Waals surface area contributed by atoms with Crippen molar-refractivity contribution in [2.24, 2.45) is 5.18 Å². The van der Waals surface area contributed by atoms with E-state index in [2.05, 4.69) is 10.3 Å². The predicted octanol–water partition coefficient (Wildman–Crippen LogP) is 4.15. The van der Waals surface area contributed by atoms with Crippen molar-refractivity contribution < 1.29 is 13.2 Å². The Bertz CT molecular complexity index is 577. The summed E-state index contributed by atoms with van der Waals surface area (Å²) >= 11 is 5.66. The molecule has 1 aromatic heterocycles. The summed E-state index contributed by atoms with van der Waals surface area (Å²) < 4.78 is 37.6. The first-order valence-corrected chi connectivity index (χ1v) is 5.06. The van der Waals surface area contributed by atoms with Crippen LogP contribution < -0.4 is 0 Å². The molecular formula is C10H5ClF3N3O. The summed E-state index contributed by atoms with van der Waals surface area (Å²) in [5.74, 6) is 0. The standard InChI is InChI=1S/C10H5ClF3N3O/c11-6-3-1-5(2-4-6)7-8(17-18)9(16-15-7)10(12,13)14/h1-4H,(H,15,16). The molecule has 0 saturated carbocycles. The molecule has 94 valence electrons. The Kier molecular flexibility index (Phi) is 3.08. The Labute approximate surface area is 104 Å². The lowest BCUT2D eigenvalue weighted by Gasteiger charge is -2.02. The molecular weight excluding hydrogens is 271 g/mol. The molecule has 0 amide bonds. The van der Waals surface area contributed by atoms with Gasteiger partial charge in [0.1, 0.15) is 5.69 Å². The van der Waals surface area contributed by atoms with Gasteiger partial charge in [0.05, 0.1) is 0 Å². The van der Waals surface area contributed by atoms with Crippen molar-refractivity contribution in [1.82, 2.24) is 10.2 Å². The van der Waals surface area contributed by atoms with Crippen LogP contribution in [-0.2, 0) is 6.18 Å². The van der Waals surface area contributed by atoms with Crippen molar-refractivity contribution in [2.75, 3.05) is 0 Å². The van der Waals surface area contributed by atoms with Gasteiger partial charge < -0.3 is 0 Å². The van der Waals surface area contributed by atoms with Crippen LogP contribution in [0.4, 0.5) is 18.9 Å². The second-order valence-electron chi connectivity index (χ2n) is 3.39. The fourth-order valence-corrected chi connectivity index (χ4v) is 1.56. The van der Waals surface area contributed by atoms with Crippen LogP contribution in [-0.4, -0.2) is 10.2 Å². The first kappa shape index (κ1) is 12.6. The monoisotopic (exact) mass is 275 g/mol. The van der Waals surface area contributed by atoms with Crippen molar-refractivity contribution in [3.63, 3.8) is 0 Å². The summed E-state index contributed by atoms with van der Waals surface area (Å²) in [5.41, 5.74) is -1.86. The number of H-pyrrole nitrogens is 1. The van der Waals surface area contributed by atoms with Gasteiger partial charge >= 0.3 is 6.18 Å². The van der Waals surface area contributed by atoms with E-state index >= 15 is 0 Å². The zero-order valence-electron chi connectivity index (χ0n) is 8.62. The highest BCUT2D eigenvalue weighted by Crippen LogP contribution is 2.40. The van der Waals surface area contributed by atoms with Gasteiger partial charge in [-0.3, -0.25) is 5.10 Å². The fourth-order valence-electron chi connectivity index (χ4n) is 1.43. The molecule has 0 fully saturated rings. The molecule has 4 nitrogen and oxygen atoms in total. The third-order valence-corrected chi connectivity index (χ3v) is 2.49. The molecule has 0 aliphatic carbocycles. The van der Waals surface area contributed by atoms with Gasteiger partial charge in [-0.25, -0.2) is 0 Å². The van der Waals surface area contributed by atoms with Crippen LogP contribution in [0.5, 0.6) is 0 Å². The summed E-state index contributed by atoms with van der Waals surface area (Å²) in [6, 6.07) is 5.86. The Morgan fingerprint density at radius 3 is 2.33 bits per heavy atom. The highest BCUT2D eigenvalue weighted by atomic mass is 35.5. The first-order valence-electron chi connectivity index (χ1n) is 4.68. The van der Waals surface area contributed by atoms with Gasteiger partial charge in [-0.1, -0.05) is 23.7 Å². The number of nitrogens with zero attached hydrogens (tertiary/aromatic N) is 2. The van der Waals surface area contributed by atoms with Crippen LogP contribution in [0.15, 0.2) is 29.4 Å². The summed E-state index contributed by atoms with van der Waals surface area (Å²) in [6.07, 6.45) is -4.71. The number of benzene rings is 1. The summed E-state index contributed by atoms with van der Waals surface area (Å²) in [7, 11) is 0. The second-order valence-corrected chi connectivity index (χ2v) is 3.83. The van der Waals surface area contributed by atoms with Crippen LogP contribution >= 0.6 is 11.6 Å². The number of aromatic amines is 1. The summed E-state index contributed by atoms with van der Waals surface area (Å²) in [6.45, 7) is 0. The molecule has 0 radical (unpaired) electrons. The maximum atomic E-state index is 12.5. The number of halogens is 4. The molecule has 18 heavy (non-hydrogen) atoms. The minimum atomic E-state index is -4.71. The number of nitrogens with one attached hydrogen (secondary N) is 1. The molecule has 1 heterocycles. The van der Waals surface area contributed by atoms with Crippen molar-refractivity contribution in [1.29, 1.82) is 0 Å². The molecule has 1 aromatic carbocycles. The largest absolute Gasteiger partial charge is 0.435 e. The van der Waals surface area contributed by atoms with Gasteiger partial charge in [-0.15, -0.1) is 4.91 Å². The highest BCUT2D eigenvalue weighted by molar-refractivity contribution is 6.30. The van der Waals surface area contributed by atoms with Crippen molar-refractivity contribution in [2.45, 2.75) is 6.18 Å². The molecule has 2 rings (SSSR count). The molecule has 0 saturated heterocycles. The molecule has 0 spiro atoms. The summed E-state index contributed by atoms with van der Waals surface area (Å²) in [5, 5.41) is 8.07. The Balaban J connectivity index is 2.56. The quantitative estimate of drug-likeness (QED) is 0.837. The zero-order valence-corrected chi connectivity index (χ0v) is 9.38. The summed E-state index contributed by atoms with van der Waals surface area (Å²) in [4.78, 5) is 10.6. The van der Waals surface area contributed by atoms with E-state index in [1.54, 1.807) is 5.10 Å². The number of alkyl halides is 3. The lowest BCUT2D eigenvalue weighted by Crippen LogP contribution is -2.05. The molecule has 1 N–H and O–H groups in total. The topological polar surface area (TPSA) is 58.1 Å². The lowest BCUT2D eigenvalue weighted by atomic mass is 10.1. The zero-order chi connectivity index (χ0) is 13.3. The number of nitroso groups, excluding NO2 is 1. The van der Waals surface area contributed by atoms with Crippen molar-refractivity contribution in [3.05, 3.63) is 39.9 Å². The van der Waals surface area contributed by atoms with Gasteiger partial charge in [0.2, 0.25) is 0 Å². The van der Waals surface area contributed by atoms with Gasteiger partial charge in [-0.05, 0) is 17.3 Å². The minimum absolute atomic E-state index is 0.158. The lowest BCUT2D eigenvalue weighted by molar-refractivity contribution is -0.140. The fraction of sp³-hybridized carbons (Fsp3) is 0.100. The predicted molar refractivity (Wildman–Crippen MR) is 59.5 cm³/mol.